The Morgan fingerprint density at radius 2 is 1.96 bits per heavy atom. The summed E-state index contributed by atoms with van der Waals surface area (Å²) in [6, 6.07) is 9.74. The third kappa shape index (κ3) is 4.45. The maximum absolute atomic E-state index is 12.8. The number of carbonyl (C=O) groups excluding carboxylic acids is 1. The van der Waals surface area contributed by atoms with E-state index in [9.17, 15) is 4.79 Å². The van der Waals surface area contributed by atoms with Crippen LogP contribution < -0.4 is 5.32 Å². The van der Waals surface area contributed by atoms with E-state index in [1.54, 1.807) is 6.20 Å². The zero-order valence-electron chi connectivity index (χ0n) is 16.5. The summed E-state index contributed by atoms with van der Waals surface area (Å²) in [6.45, 7) is 9.58. The number of aromatic nitrogens is 4. The lowest BCUT2D eigenvalue weighted by Crippen LogP contribution is -2.17. The second-order valence-electron chi connectivity index (χ2n) is 6.99. The molecule has 6 nitrogen and oxygen atoms in total. The van der Waals surface area contributed by atoms with E-state index in [0.29, 0.717) is 12.1 Å². The Hall–Kier alpha value is -2.89. The molecule has 1 amide bonds. The minimum absolute atomic E-state index is 0.119. The fraction of sp³-hybridized carbons (Fsp3) is 0.381. The van der Waals surface area contributed by atoms with Gasteiger partial charge in [-0.15, -0.1) is 0 Å². The van der Waals surface area contributed by atoms with Crippen LogP contribution in [0, 0.1) is 20.8 Å². The summed E-state index contributed by atoms with van der Waals surface area (Å²) in [7, 11) is 0. The minimum Gasteiger partial charge on any atom is -0.307 e. The molecular weight excluding hydrogens is 338 g/mol. The Morgan fingerprint density at radius 3 is 2.67 bits per heavy atom. The molecule has 0 unspecified atom stereocenters. The van der Waals surface area contributed by atoms with Gasteiger partial charge in [-0.05, 0) is 51.0 Å². The number of rotatable bonds is 7. The predicted molar refractivity (Wildman–Crippen MR) is 107 cm³/mol. The molecule has 0 aliphatic rings. The molecule has 142 valence electrons. The molecule has 1 N–H and O–H groups in total. The lowest BCUT2D eigenvalue weighted by Gasteiger charge is -2.11. The number of hydrogen-bond donors (Lipinski definition) is 1. The topological polar surface area (TPSA) is 64.7 Å². The van der Waals surface area contributed by atoms with Crippen LogP contribution in [0.4, 0.5) is 5.82 Å². The van der Waals surface area contributed by atoms with E-state index in [0.717, 1.165) is 47.7 Å². The van der Waals surface area contributed by atoms with E-state index in [-0.39, 0.29) is 5.91 Å². The molecule has 3 aromatic rings. The summed E-state index contributed by atoms with van der Waals surface area (Å²) < 4.78 is 3.83. The van der Waals surface area contributed by atoms with Gasteiger partial charge < -0.3 is 5.32 Å². The first-order chi connectivity index (χ1) is 13.0. The third-order valence-electron chi connectivity index (χ3n) is 4.60. The van der Waals surface area contributed by atoms with Crippen molar-refractivity contribution in [2.75, 3.05) is 5.32 Å². The van der Waals surface area contributed by atoms with Crippen molar-refractivity contribution in [2.24, 2.45) is 0 Å². The molecule has 1 aromatic carbocycles. The van der Waals surface area contributed by atoms with Gasteiger partial charge in [-0.1, -0.05) is 25.5 Å². The Bertz CT molecular complexity index is 938. The molecule has 2 heterocycles. The number of hydrogen-bond acceptors (Lipinski definition) is 3. The van der Waals surface area contributed by atoms with Gasteiger partial charge in [0.05, 0.1) is 18.4 Å². The van der Waals surface area contributed by atoms with Gasteiger partial charge in [0, 0.05) is 23.4 Å². The fourth-order valence-electron chi connectivity index (χ4n) is 3.12. The predicted octanol–water partition coefficient (Wildman–Crippen LogP) is 4.11. The van der Waals surface area contributed by atoms with E-state index >= 15 is 0 Å². The number of nitrogens with zero attached hydrogens (tertiary/aromatic N) is 4. The molecule has 0 aliphatic carbocycles. The second kappa shape index (κ2) is 8.20. The first-order valence-corrected chi connectivity index (χ1v) is 9.41. The Balaban J connectivity index is 1.76. The van der Waals surface area contributed by atoms with Crippen molar-refractivity contribution in [2.45, 2.75) is 53.6 Å². The van der Waals surface area contributed by atoms with Gasteiger partial charge in [0.2, 0.25) is 0 Å². The van der Waals surface area contributed by atoms with Crippen LogP contribution in [0.15, 0.2) is 36.5 Å². The van der Waals surface area contributed by atoms with E-state index in [4.69, 9.17) is 0 Å². The zero-order valence-corrected chi connectivity index (χ0v) is 16.5. The zero-order chi connectivity index (χ0) is 19.4. The van der Waals surface area contributed by atoms with Crippen LogP contribution in [-0.4, -0.2) is 25.5 Å². The van der Waals surface area contributed by atoms with Gasteiger partial charge in [0.25, 0.3) is 5.91 Å². The molecule has 0 bridgehead atoms. The molecule has 0 radical (unpaired) electrons. The van der Waals surface area contributed by atoms with Crippen LogP contribution in [-0.2, 0) is 13.1 Å². The van der Waals surface area contributed by atoms with Crippen LogP contribution in [0.25, 0.3) is 0 Å². The molecule has 0 saturated heterocycles. The third-order valence-corrected chi connectivity index (χ3v) is 4.60. The summed E-state index contributed by atoms with van der Waals surface area (Å²) >= 11 is 0. The molecule has 27 heavy (non-hydrogen) atoms. The van der Waals surface area contributed by atoms with E-state index < -0.39 is 0 Å². The average Bonchev–Trinajstić information content (AvgIpc) is 3.15. The lowest BCUT2D eigenvalue weighted by molar-refractivity contribution is 0.102. The van der Waals surface area contributed by atoms with Crippen LogP contribution in [0.3, 0.4) is 0 Å². The van der Waals surface area contributed by atoms with Gasteiger partial charge in [-0.2, -0.15) is 10.2 Å². The van der Waals surface area contributed by atoms with E-state index in [1.807, 2.05) is 54.4 Å². The summed E-state index contributed by atoms with van der Waals surface area (Å²) in [5.74, 6) is 0.656. The largest absolute Gasteiger partial charge is 0.307 e. The highest BCUT2D eigenvalue weighted by Crippen LogP contribution is 2.17. The van der Waals surface area contributed by atoms with Crippen molar-refractivity contribution in [1.29, 1.82) is 0 Å². The second-order valence-corrected chi connectivity index (χ2v) is 6.99. The minimum atomic E-state index is -0.119. The maximum atomic E-state index is 12.8. The Labute approximate surface area is 160 Å². The number of benzene rings is 1. The fourth-order valence-corrected chi connectivity index (χ4v) is 3.12. The summed E-state index contributed by atoms with van der Waals surface area (Å²) in [5.41, 5.74) is 4.76. The molecular formula is C21H27N5O. The first kappa shape index (κ1) is 18.9. The van der Waals surface area contributed by atoms with Crippen molar-refractivity contribution in [3.63, 3.8) is 0 Å². The highest BCUT2D eigenvalue weighted by Gasteiger charge is 2.13. The molecule has 6 heteroatoms. The maximum Gasteiger partial charge on any atom is 0.256 e. The standard InChI is InChI=1S/C21H27N5O/c1-5-6-10-25-20(15(2)13-22-25)23-21(27)19-9-7-8-18(12-19)14-26-17(4)11-16(3)24-26/h7-9,11-13H,5-6,10,14H2,1-4H3,(H,23,27). The van der Waals surface area contributed by atoms with Crippen LogP contribution >= 0.6 is 0 Å². The molecule has 0 fully saturated rings. The van der Waals surface area contributed by atoms with Crippen molar-refractivity contribution in [3.8, 4) is 0 Å². The molecule has 0 atom stereocenters. The molecule has 3 rings (SSSR count). The van der Waals surface area contributed by atoms with Crippen LogP contribution in [0.1, 0.15) is 52.6 Å². The van der Waals surface area contributed by atoms with Gasteiger partial charge >= 0.3 is 0 Å². The monoisotopic (exact) mass is 365 g/mol. The number of aryl methyl sites for hydroxylation is 4. The highest BCUT2D eigenvalue weighted by molar-refractivity contribution is 6.04. The Morgan fingerprint density at radius 1 is 1.15 bits per heavy atom. The van der Waals surface area contributed by atoms with E-state index in [2.05, 4.69) is 28.5 Å². The summed E-state index contributed by atoms with van der Waals surface area (Å²) in [5, 5.41) is 11.9. The summed E-state index contributed by atoms with van der Waals surface area (Å²) in [4.78, 5) is 12.8. The number of nitrogens with one attached hydrogen (secondary N) is 1. The van der Waals surface area contributed by atoms with Crippen LogP contribution in [0.2, 0.25) is 0 Å². The molecule has 2 aromatic heterocycles. The van der Waals surface area contributed by atoms with Gasteiger partial charge in [0.15, 0.2) is 0 Å². The van der Waals surface area contributed by atoms with Gasteiger partial charge in [-0.3, -0.25) is 9.48 Å². The van der Waals surface area contributed by atoms with Crippen LogP contribution in [0.5, 0.6) is 0 Å². The van der Waals surface area contributed by atoms with Gasteiger partial charge in [0.1, 0.15) is 5.82 Å². The number of unbranched alkanes of at least 4 members (excludes halogenated alkanes) is 1. The quantitative estimate of drug-likeness (QED) is 0.685. The molecule has 0 aliphatic heterocycles. The van der Waals surface area contributed by atoms with Crippen molar-refractivity contribution in [3.05, 3.63) is 64.6 Å². The van der Waals surface area contributed by atoms with E-state index in [1.165, 1.54) is 0 Å². The molecule has 0 saturated carbocycles. The SMILES string of the molecule is CCCCn1ncc(C)c1NC(=O)c1cccc(Cn2nc(C)cc2C)c1. The number of amides is 1. The average molecular weight is 365 g/mol. The first-order valence-electron chi connectivity index (χ1n) is 9.41. The summed E-state index contributed by atoms with van der Waals surface area (Å²) in [6.07, 6.45) is 3.91. The molecule has 0 spiro atoms. The Kier molecular flexibility index (Phi) is 5.74. The van der Waals surface area contributed by atoms with Crippen molar-refractivity contribution >= 4 is 11.7 Å². The van der Waals surface area contributed by atoms with Gasteiger partial charge in [-0.25, -0.2) is 4.68 Å². The number of anilines is 1. The highest BCUT2D eigenvalue weighted by atomic mass is 16.1. The normalized spacial score (nSPS) is 11.0. The van der Waals surface area contributed by atoms with Crippen molar-refractivity contribution in [1.82, 2.24) is 19.6 Å². The smallest absolute Gasteiger partial charge is 0.256 e. The lowest BCUT2D eigenvalue weighted by atomic mass is 10.1. The van der Waals surface area contributed by atoms with Crippen molar-refractivity contribution < 1.29 is 4.79 Å². The number of carbonyl (C=O) groups is 1.